The number of benzene rings is 1. The molecule has 6 heteroatoms. The van der Waals surface area contributed by atoms with Crippen LogP contribution in [0.3, 0.4) is 0 Å². The summed E-state index contributed by atoms with van der Waals surface area (Å²) in [6.45, 7) is 0.488. The topological polar surface area (TPSA) is 57.2 Å². The Kier molecular flexibility index (Phi) is 4.04. The summed E-state index contributed by atoms with van der Waals surface area (Å²) < 4.78 is 22.4. The highest BCUT2D eigenvalue weighted by Crippen LogP contribution is 2.55. The van der Waals surface area contributed by atoms with Crippen molar-refractivity contribution in [2.24, 2.45) is 0 Å². The van der Waals surface area contributed by atoms with Crippen LogP contribution >= 0.6 is 0 Å². The van der Waals surface area contributed by atoms with Crippen molar-refractivity contribution in [3.05, 3.63) is 47.1 Å². The van der Waals surface area contributed by atoms with Crippen LogP contribution in [0.25, 0.3) is 0 Å². The van der Waals surface area contributed by atoms with Crippen molar-refractivity contribution in [2.45, 2.75) is 24.2 Å². The van der Waals surface area contributed by atoms with Gasteiger partial charge in [0.25, 0.3) is 0 Å². The smallest absolute Gasteiger partial charge is 0.248 e. The van der Waals surface area contributed by atoms with Crippen molar-refractivity contribution in [1.82, 2.24) is 4.90 Å². The van der Waals surface area contributed by atoms with E-state index in [4.69, 9.17) is 18.9 Å². The van der Waals surface area contributed by atoms with Crippen molar-refractivity contribution in [3.8, 4) is 11.5 Å². The lowest BCUT2D eigenvalue weighted by atomic mass is 9.70. The Hall–Kier alpha value is -2.31. The van der Waals surface area contributed by atoms with Gasteiger partial charge < -0.3 is 23.8 Å². The Morgan fingerprint density at radius 2 is 1.81 bits per heavy atom. The first kappa shape index (κ1) is 17.1. The van der Waals surface area contributed by atoms with Crippen molar-refractivity contribution in [2.75, 3.05) is 35.0 Å². The molecule has 0 bridgehead atoms. The molecule has 0 saturated carbocycles. The molecule has 26 heavy (non-hydrogen) atoms. The monoisotopic (exact) mass is 357 g/mol. The van der Waals surface area contributed by atoms with Gasteiger partial charge in [-0.1, -0.05) is 12.2 Å². The minimum absolute atomic E-state index is 0.00360. The van der Waals surface area contributed by atoms with E-state index in [-0.39, 0.29) is 18.1 Å². The molecule has 138 valence electrons. The minimum atomic E-state index is -0.559. The second-order valence-electron chi connectivity index (χ2n) is 6.76. The molecule has 1 amide bonds. The number of nitrogens with zero attached hydrogens (tertiary/aromatic N) is 1. The first-order valence-electron chi connectivity index (χ1n) is 8.63. The van der Waals surface area contributed by atoms with Crippen molar-refractivity contribution < 1.29 is 23.7 Å². The maximum atomic E-state index is 12.8. The van der Waals surface area contributed by atoms with Gasteiger partial charge in [0.15, 0.2) is 11.5 Å². The molecule has 4 rings (SSSR count). The van der Waals surface area contributed by atoms with Crippen LogP contribution in [-0.4, -0.2) is 51.9 Å². The van der Waals surface area contributed by atoms with Gasteiger partial charge in [-0.25, -0.2) is 0 Å². The first-order chi connectivity index (χ1) is 12.6. The van der Waals surface area contributed by atoms with E-state index in [0.717, 1.165) is 16.7 Å². The maximum Gasteiger partial charge on any atom is 0.248 e. The normalized spacial score (nSPS) is 29.0. The van der Waals surface area contributed by atoms with E-state index in [2.05, 4.69) is 0 Å². The second kappa shape index (κ2) is 6.14. The molecule has 0 saturated heterocycles. The fourth-order valence-electron chi connectivity index (χ4n) is 4.46. The molecule has 1 aromatic carbocycles. The van der Waals surface area contributed by atoms with Crippen LogP contribution < -0.4 is 9.47 Å². The molecular weight excluding hydrogens is 334 g/mol. The summed E-state index contributed by atoms with van der Waals surface area (Å²) in [6.07, 6.45) is 6.11. The number of carbonyl (C=O) groups excluding carboxylic acids is 1. The van der Waals surface area contributed by atoms with E-state index >= 15 is 0 Å². The average Bonchev–Trinajstić information content (AvgIpc) is 2.97. The number of ether oxygens (including phenoxy) is 4. The molecule has 3 atom stereocenters. The van der Waals surface area contributed by atoms with Crippen molar-refractivity contribution in [3.63, 3.8) is 0 Å². The van der Waals surface area contributed by atoms with Crippen LogP contribution in [0.4, 0.5) is 0 Å². The minimum Gasteiger partial charge on any atom is -0.493 e. The first-order valence-corrected chi connectivity index (χ1v) is 8.63. The summed E-state index contributed by atoms with van der Waals surface area (Å²) >= 11 is 0. The molecule has 2 heterocycles. The van der Waals surface area contributed by atoms with E-state index in [1.807, 2.05) is 29.2 Å². The van der Waals surface area contributed by atoms with Crippen LogP contribution in [0.15, 0.2) is 35.9 Å². The largest absolute Gasteiger partial charge is 0.493 e. The number of hydrogen-bond acceptors (Lipinski definition) is 5. The Bertz CT molecular complexity index is 815. The number of hydrogen-bond donors (Lipinski definition) is 0. The third-order valence-electron chi connectivity index (χ3n) is 5.75. The van der Waals surface area contributed by atoms with Gasteiger partial charge in [-0.3, -0.25) is 4.79 Å². The van der Waals surface area contributed by atoms with Gasteiger partial charge in [-0.2, -0.15) is 0 Å². The molecule has 0 N–H and O–H groups in total. The third-order valence-corrected chi connectivity index (χ3v) is 5.75. The van der Waals surface area contributed by atoms with E-state index in [9.17, 15) is 4.79 Å². The second-order valence-corrected chi connectivity index (χ2v) is 6.76. The zero-order valence-corrected chi connectivity index (χ0v) is 15.4. The molecule has 3 aliphatic rings. The number of methoxy groups -OCH3 is 4. The van der Waals surface area contributed by atoms with Gasteiger partial charge in [0.1, 0.15) is 6.10 Å². The van der Waals surface area contributed by atoms with Crippen molar-refractivity contribution in [1.29, 1.82) is 0 Å². The third kappa shape index (κ3) is 2.15. The van der Waals surface area contributed by atoms with Gasteiger partial charge in [-0.15, -0.1) is 0 Å². The van der Waals surface area contributed by atoms with Crippen LogP contribution in [0.2, 0.25) is 0 Å². The molecule has 0 fully saturated rings. The number of fused-ring (bicyclic) bond motifs is 1. The zero-order chi connectivity index (χ0) is 18.5. The molecule has 1 spiro atoms. The Morgan fingerprint density at radius 1 is 1.08 bits per heavy atom. The molecule has 0 radical (unpaired) electrons. The molecule has 2 aliphatic heterocycles. The van der Waals surface area contributed by atoms with Gasteiger partial charge >= 0.3 is 0 Å². The lowest BCUT2D eigenvalue weighted by Gasteiger charge is -2.49. The molecule has 1 aromatic rings. The summed E-state index contributed by atoms with van der Waals surface area (Å²) in [5, 5.41) is 0. The molecular formula is C20H23NO5. The zero-order valence-electron chi connectivity index (χ0n) is 15.4. The number of amides is 1. The number of carbonyl (C=O) groups is 1. The van der Waals surface area contributed by atoms with E-state index in [1.54, 1.807) is 34.5 Å². The van der Waals surface area contributed by atoms with Crippen LogP contribution in [-0.2, 0) is 19.8 Å². The lowest BCUT2D eigenvalue weighted by molar-refractivity contribution is -0.134. The molecule has 6 nitrogen and oxygen atoms in total. The standard InChI is InChI=1S/C20H23NO5/c1-23-13-6-5-12-7-19(22)21-11-18(26-4)14-8-16(24-2)17(25-3)9-15(14)20(12,21)10-13/h5-9,13,18H,10-11H2,1-4H3/t13-,18-,20-/m0/s1. The maximum absolute atomic E-state index is 12.8. The van der Waals surface area contributed by atoms with Gasteiger partial charge in [0.05, 0.1) is 32.4 Å². The highest BCUT2D eigenvalue weighted by atomic mass is 16.5. The molecule has 0 unspecified atom stereocenters. The van der Waals surface area contributed by atoms with Gasteiger partial charge in [0, 0.05) is 26.7 Å². The summed E-state index contributed by atoms with van der Waals surface area (Å²) in [5.74, 6) is 1.30. The highest BCUT2D eigenvalue weighted by molar-refractivity contribution is 5.95. The Morgan fingerprint density at radius 3 is 2.46 bits per heavy atom. The number of rotatable bonds is 4. The average molecular weight is 357 g/mol. The van der Waals surface area contributed by atoms with Gasteiger partial charge in [-0.05, 0) is 28.8 Å². The SMILES string of the molecule is COc1cc2c(cc1OC)[C@]13C[C@@H](OC)C=CC1=CC(=O)N3C[C@@H]2OC. The summed E-state index contributed by atoms with van der Waals surface area (Å²) in [6, 6.07) is 3.94. The Balaban J connectivity index is 1.98. The van der Waals surface area contributed by atoms with E-state index in [1.165, 1.54) is 0 Å². The van der Waals surface area contributed by atoms with Crippen LogP contribution in [0.1, 0.15) is 23.7 Å². The summed E-state index contributed by atoms with van der Waals surface area (Å²) in [7, 11) is 6.59. The fourth-order valence-corrected chi connectivity index (χ4v) is 4.46. The Labute approximate surface area is 153 Å². The summed E-state index contributed by atoms with van der Waals surface area (Å²) in [4.78, 5) is 14.7. The lowest BCUT2D eigenvalue weighted by Crippen LogP contribution is -2.54. The highest BCUT2D eigenvalue weighted by Gasteiger charge is 2.55. The summed E-state index contributed by atoms with van der Waals surface area (Å²) in [5.41, 5.74) is 2.46. The van der Waals surface area contributed by atoms with Crippen LogP contribution in [0.5, 0.6) is 11.5 Å². The predicted molar refractivity (Wildman–Crippen MR) is 95.3 cm³/mol. The molecule has 0 aromatic heterocycles. The van der Waals surface area contributed by atoms with Crippen molar-refractivity contribution >= 4 is 5.91 Å². The van der Waals surface area contributed by atoms with E-state index < -0.39 is 5.54 Å². The fraction of sp³-hybridized carbons (Fsp3) is 0.450. The quantitative estimate of drug-likeness (QED) is 0.828. The van der Waals surface area contributed by atoms with Gasteiger partial charge in [0.2, 0.25) is 5.91 Å². The molecule has 1 aliphatic carbocycles. The predicted octanol–water partition coefficient (Wildman–Crippen LogP) is 2.34. The van der Waals surface area contributed by atoms with Crippen LogP contribution in [0, 0.1) is 0 Å². The van der Waals surface area contributed by atoms with E-state index in [0.29, 0.717) is 24.5 Å².